The SMILES string of the molecule is Cc1ccc(SCCNCCC(C)(C)C)cc1. The van der Waals surface area contributed by atoms with E-state index in [1.165, 1.54) is 16.9 Å². The van der Waals surface area contributed by atoms with Crippen molar-refractivity contribution in [3.63, 3.8) is 0 Å². The van der Waals surface area contributed by atoms with Crippen LogP contribution in [0.25, 0.3) is 0 Å². The van der Waals surface area contributed by atoms with Crippen LogP contribution < -0.4 is 5.32 Å². The molecule has 1 nitrogen and oxygen atoms in total. The highest BCUT2D eigenvalue weighted by Crippen LogP contribution is 2.18. The van der Waals surface area contributed by atoms with E-state index >= 15 is 0 Å². The fourth-order valence-electron chi connectivity index (χ4n) is 1.46. The van der Waals surface area contributed by atoms with Crippen molar-refractivity contribution in [2.45, 2.75) is 39.0 Å². The van der Waals surface area contributed by atoms with Gasteiger partial charge in [0.1, 0.15) is 0 Å². The van der Waals surface area contributed by atoms with Crippen molar-refractivity contribution >= 4 is 11.8 Å². The molecular formula is C15H25NS. The number of rotatable bonds is 6. The predicted octanol–water partition coefficient (Wildman–Crippen LogP) is 4.11. The second-order valence-corrected chi connectivity index (χ2v) is 6.89. The van der Waals surface area contributed by atoms with E-state index < -0.39 is 0 Å². The summed E-state index contributed by atoms with van der Waals surface area (Å²) in [7, 11) is 0. The maximum absolute atomic E-state index is 3.50. The van der Waals surface area contributed by atoms with Crippen molar-refractivity contribution in [3.05, 3.63) is 29.8 Å². The third-order valence-corrected chi connectivity index (χ3v) is 3.63. The van der Waals surface area contributed by atoms with E-state index in [2.05, 4.69) is 57.3 Å². The van der Waals surface area contributed by atoms with Crippen LogP contribution in [0.1, 0.15) is 32.8 Å². The summed E-state index contributed by atoms with van der Waals surface area (Å²) in [5.74, 6) is 1.15. The molecule has 0 atom stereocenters. The van der Waals surface area contributed by atoms with Gasteiger partial charge < -0.3 is 5.32 Å². The smallest absolute Gasteiger partial charge is 0.0106 e. The molecule has 0 fully saturated rings. The first-order chi connectivity index (χ1) is 7.97. The molecule has 0 heterocycles. The summed E-state index contributed by atoms with van der Waals surface area (Å²) < 4.78 is 0. The van der Waals surface area contributed by atoms with Crippen LogP contribution >= 0.6 is 11.8 Å². The van der Waals surface area contributed by atoms with Crippen LogP contribution in [0, 0.1) is 12.3 Å². The van der Waals surface area contributed by atoms with Gasteiger partial charge in [0, 0.05) is 17.2 Å². The number of hydrogen-bond acceptors (Lipinski definition) is 2. The van der Waals surface area contributed by atoms with Crippen molar-refractivity contribution in [1.82, 2.24) is 5.32 Å². The van der Waals surface area contributed by atoms with Crippen LogP contribution in [0.5, 0.6) is 0 Å². The van der Waals surface area contributed by atoms with E-state index in [9.17, 15) is 0 Å². The summed E-state index contributed by atoms with van der Waals surface area (Å²) in [4.78, 5) is 1.37. The monoisotopic (exact) mass is 251 g/mol. The topological polar surface area (TPSA) is 12.0 Å². The normalized spacial score (nSPS) is 11.8. The second-order valence-electron chi connectivity index (χ2n) is 5.72. The van der Waals surface area contributed by atoms with E-state index in [0.29, 0.717) is 5.41 Å². The minimum atomic E-state index is 0.442. The van der Waals surface area contributed by atoms with Gasteiger partial charge in [-0.2, -0.15) is 0 Å². The number of thioether (sulfide) groups is 1. The quantitative estimate of drug-likeness (QED) is 0.603. The lowest BCUT2D eigenvalue weighted by Gasteiger charge is -2.17. The Morgan fingerprint density at radius 3 is 2.29 bits per heavy atom. The maximum atomic E-state index is 3.50. The molecule has 0 aromatic heterocycles. The van der Waals surface area contributed by atoms with Gasteiger partial charge in [-0.3, -0.25) is 0 Å². The van der Waals surface area contributed by atoms with Crippen LogP contribution in [-0.2, 0) is 0 Å². The Balaban J connectivity index is 2.07. The lowest BCUT2D eigenvalue weighted by molar-refractivity contribution is 0.369. The highest BCUT2D eigenvalue weighted by atomic mass is 32.2. The van der Waals surface area contributed by atoms with Gasteiger partial charge in [0.15, 0.2) is 0 Å². The van der Waals surface area contributed by atoms with Crippen molar-refractivity contribution in [2.24, 2.45) is 5.41 Å². The van der Waals surface area contributed by atoms with Gasteiger partial charge in [-0.15, -0.1) is 11.8 Å². The molecule has 0 aliphatic rings. The fraction of sp³-hybridized carbons (Fsp3) is 0.600. The van der Waals surface area contributed by atoms with E-state index in [1.807, 2.05) is 11.8 Å². The maximum Gasteiger partial charge on any atom is 0.0106 e. The van der Waals surface area contributed by atoms with Crippen LogP contribution in [0.4, 0.5) is 0 Å². The first kappa shape index (κ1) is 14.6. The minimum Gasteiger partial charge on any atom is -0.316 e. The zero-order valence-electron chi connectivity index (χ0n) is 11.5. The number of benzene rings is 1. The Morgan fingerprint density at radius 2 is 1.71 bits per heavy atom. The van der Waals surface area contributed by atoms with Crippen LogP contribution in [-0.4, -0.2) is 18.8 Å². The van der Waals surface area contributed by atoms with Gasteiger partial charge in [-0.25, -0.2) is 0 Å². The molecule has 0 amide bonds. The zero-order valence-corrected chi connectivity index (χ0v) is 12.4. The lowest BCUT2D eigenvalue weighted by atomic mass is 9.92. The molecule has 1 aromatic rings. The molecule has 2 heteroatoms. The van der Waals surface area contributed by atoms with Gasteiger partial charge >= 0.3 is 0 Å². The average Bonchev–Trinajstić information content (AvgIpc) is 2.24. The average molecular weight is 251 g/mol. The van der Waals surface area contributed by atoms with Gasteiger partial charge in [0.05, 0.1) is 0 Å². The highest BCUT2D eigenvalue weighted by molar-refractivity contribution is 7.99. The van der Waals surface area contributed by atoms with Gasteiger partial charge in [0.25, 0.3) is 0 Å². The molecule has 0 radical (unpaired) electrons. The van der Waals surface area contributed by atoms with Crippen molar-refractivity contribution < 1.29 is 0 Å². The number of hydrogen-bond donors (Lipinski definition) is 1. The highest BCUT2D eigenvalue weighted by Gasteiger charge is 2.08. The lowest BCUT2D eigenvalue weighted by Crippen LogP contribution is -2.22. The summed E-state index contributed by atoms with van der Waals surface area (Å²) in [6.45, 7) is 11.2. The van der Waals surface area contributed by atoms with Crippen molar-refractivity contribution in [3.8, 4) is 0 Å². The third-order valence-electron chi connectivity index (χ3n) is 2.62. The molecule has 1 N–H and O–H groups in total. The Hall–Kier alpha value is -0.470. The first-order valence-electron chi connectivity index (χ1n) is 6.37. The molecule has 17 heavy (non-hydrogen) atoms. The van der Waals surface area contributed by atoms with Crippen LogP contribution in [0.2, 0.25) is 0 Å². The molecule has 0 aliphatic heterocycles. The molecule has 1 rings (SSSR count). The third kappa shape index (κ3) is 7.45. The number of nitrogens with one attached hydrogen (secondary N) is 1. The zero-order chi connectivity index (χ0) is 12.7. The summed E-state index contributed by atoms with van der Waals surface area (Å²) in [6, 6.07) is 8.76. The molecule has 0 aliphatic carbocycles. The van der Waals surface area contributed by atoms with E-state index in [1.54, 1.807) is 0 Å². The summed E-state index contributed by atoms with van der Waals surface area (Å²) in [6.07, 6.45) is 1.24. The molecule has 0 saturated heterocycles. The Morgan fingerprint density at radius 1 is 1.06 bits per heavy atom. The molecule has 0 bridgehead atoms. The molecule has 0 saturated carbocycles. The Bertz CT molecular complexity index is 311. The largest absolute Gasteiger partial charge is 0.316 e. The summed E-state index contributed by atoms with van der Waals surface area (Å²) in [5, 5.41) is 3.50. The molecule has 96 valence electrons. The van der Waals surface area contributed by atoms with E-state index in [0.717, 1.165) is 18.8 Å². The van der Waals surface area contributed by atoms with E-state index in [-0.39, 0.29) is 0 Å². The Labute approximate surface area is 110 Å². The first-order valence-corrected chi connectivity index (χ1v) is 7.36. The van der Waals surface area contributed by atoms with Crippen LogP contribution in [0.15, 0.2) is 29.2 Å². The summed E-state index contributed by atoms with van der Waals surface area (Å²) >= 11 is 1.92. The summed E-state index contributed by atoms with van der Waals surface area (Å²) in [5.41, 5.74) is 1.77. The van der Waals surface area contributed by atoms with Crippen molar-refractivity contribution in [2.75, 3.05) is 18.8 Å². The second kappa shape index (κ2) is 7.07. The number of aryl methyl sites for hydroxylation is 1. The van der Waals surface area contributed by atoms with Crippen molar-refractivity contribution in [1.29, 1.82) is 0 Å². The van der Waals surface area contributed by atoms with Crippen LogP contribution in [0.3, 0.4) is 0 Å². The fourth-order valence-corrected chi connectivity index (χ4v) is 2.27. The molecular weight excluding hydrogens is 226 g/mol. The minimum absolute atomic E-state index is 0.442. The van der Waals surface area contributed by atoms with Gasteiger partial charge in [0.2, 0.25) is 0 Å². The predicted molar refractivity (Wildman–Crippen MR) is 78.8 cm³/mol. The van der Waals surface area contributed by atoms with Gasteiger partial charge in [-0.1, -0.05) is 38.5 Å². The molecule has 0 spiro atoms. The van der Waals surface area contributed by atoms with E-state index in [4.69, 9.17) is 0 Å². The standard InChI is InChI=1S/C15H25NS/c1-13-5-7-14(8-6-13)17-12-11-16-10-9-15(2,3)4/h5-8,16H,9-12H2,1-4H3. The van der Waals surface area contributed by atoms with Gasteiger partial charge in [-0.05, 0) is 37.4 Å². The Kier molecular flexibility index (Phi) is 6.07. The molecule has 0 unspecified atom stereocenters. The molecule has 1 aromatic carbocycles.